The molecular weight excluding hydrogens is 420 g/mol. The van der Waals surface area contributed by atoms with Crippen LogP contribution in [0.1, 0.15) is 26.3 Å². The second-order valence-corrected chi connectivity index (χ2v) is 10.1. The van der Waals surface area contributed by atoms with Crippen molar-refractivity contribution < 1.29 is 37.0 Å². The molecule has 0 unspecified atom stereocenters. The summed E-state index contributed by atoms with van der Waals surface area (Å²) in [5.41, 5.74) is 0.645. The number of hydrogen-bond acceptors (Lipinski definition) is 9. The van der Waals surface area contributed by atoms with Gasteiger partial charge in [-0.05, 0) is 5.56 Å². The minimum atomic E-state index is -3.56. The van der Waals surface area contributed by atoms with Crippen LogP contribution in [0.3, 0.4) is 0 Å². The maximum Gasteiger partial charge on any atom is 0.303 e. The van der Waals surface area contributed by atoms with Gasteiger partial charge in [-0.3, -0.25) is 14.4 Å². The van der Waals surface area contributed by atoms with E-state index in [4.69, 9.17) is 14.2 Å². The maximum absolute atomic E-state index is 12.7. The summed E-state index contributed by atoms with van der Waals surface area (Å²) in [4.78, 5) is 34.6. The lowest BCUT2D eigenvalue weighted by molar-refractivity contribution is -0.181. The number of sulfone groups is 1. The van der Waals surface area contributed by atoms with Crippen molar-refractivity contribution in [3.05, 3.63) is 35.9 Å². The molecule has 1 heterocycles. The van der Waals surface area contributed by atoms with E-state index < -0.39 is 51.3 Å². The lowest BCUT2D eigenvalue weighted by Crippen LogP contribution is -2.55. The van der Waals surface area contributed by atoms with E-state index in [9.17, 15) is 22.8 Å². The van der Waals surface area contributed by atoms with E-state index in [1.807, 2.05) is 0 Å². The number of rotatable bonds is 7. The van der Waals surface area contributed by atoms with Gasteiger partial charge in [0.1, 0.15) is 0 Å². The van der Waals surface area contributed by atoms with Crippen LogP contribution in [-0.2, 0) is 44.2 Å². The Morgan fingerprint density at radius 3 is 2.03 bits per heavy atom. The molecule has 0 aliphatic carbocycles. The molecule has 160 valence electrons. The summed E-state index contributed by atoms with van der Waals surface area (Å²) in [7, 11) is -3.56. The number of thioether (sulfide) groups is 1. The third-order valence-electron chi connectivity index (χ3n) is 4.10. The van der Waals surface area contributed by atoms with Crippen LogP contribution < -0.4 is 0 Å². The van der Waals surface area contributed by atoms with E-state index in [1.54, 1.807) is 30.3 Å². The molecule has 0 spiro atoms. The fourth-order valence-corrected chi connectivity index (χ4v) is 6.71. The van der Waals surface area contributed by atoms with Crippen LogP contribution >= 0.6 is 11.8 Å². The molecule has 1 aromatic rings. The Morgan fingerprint density at radius 1 is 0.931 bits per heavy atom. The zero-order chi connectivity index (χ0) is 21.6. The molecule has 0 N–H and O–H groups in total. The van der Waals surface area contributed by atoms with Gasteiger partial charge in [0.25, 0.3) is 0 Å². The maximum atomic E-state index is 12.7. The molecule has 8 nitrogen and oxygen atoms in total. The van der Waals surface area contributed by atoms with Crippen LogP contribution in [0.2, 0.25) is 0 Å². The smallest absolute Gasteiger partial charge is 0.303 e. The molecule has 0 aromatic heterocycles. The Balaban J connectivity index is 2.25. The number of benzene rings is 1. The Labute approximate surface area is 174 Å². The van der Waals surface area contributed by atoms with Gasteiger partial charge in [-0.2, -0.15) is 0 Å². The quantitative estimate of drug-likeness (QED) is 0.456. The van der Waals surface area contributed by atoms with Crippen molar-refractivity contribution in [3.63, 3.8) is 0 Å². The molecule has 0 amide bonds. The van der Waals surface area contributed by atoms with Crippen molar-refractivity contribution in [1.82, 2.24) is 0 Å². The van der Waals surface area contributed by atoms with E-state index in [2.05, 4.69) is 0 Å². The first-order valence-electron chi connectivity index (χ1n) is 8.95. The lowest BCUT2D eigenvalue weighted by Gasteiger charge is -2.40. The molecule has 0 bridgehead atoms. The fourth-order valence-electron chi connectivity index (χ4n) is 3.09. The fraction of sp³-hybridized carbons (Fsp3) is 0.526. The Hall–Kier alpha value is -2.07. The first-order chi connectivity index (χ1) is 13.6. The van der Waals surface area contributed by atoms with Crippen molar-refractivity contribution in [1.29, 1.82) is 0 Å². The van der Waals surface area contributed by atoms with Gasteiger partial charge in [0.15, 0.2) is 28.1 Å². The highest BCUT2D eigenvalue weighted by atomic mass is 32.2. The zero-order valence-corrected chi connectivity index (χ0v) is 18.0. The van der Waals surface area contributed by atoms with Gasteiger partial charge in [-0.1, -0.05) is 30.3 Å². The summed E-state index contributed by atoms with van der Waals surface area (Å²) in [5.74, 6) is -2.12. The zero-order valence-electron chi connectivity index (χ0n) is 16.4. The van der Waals surface area contributed by atoms with Gasteiger partial charge in [-0.25, -0.2) is 8.42 Å². The van der Waals surface area contributed by atoms with E-state index >= 15 is 0 Å². The molecule has 1 aliphatic rings. The predicted molar refractivity (Wildman–Crippen MR) is 107 cm³/mol. The van der Waals surface area contributed by atoms with Crippen LogP contribution in [0.15, 0.2) is 30.3 Å². The summed E-state index contributed by atoms with van der Waals surface area (Å²) in [6, 6.07) is 8.73. The minimum Gasteiger partial charge on any atom is -0.458 e. The van der Waals surface area contributed by atoms with Crippen LogP contribution in [0, 0.1) is 0 Å². The second kappa shape index (κ2) is 10.1. The monoisotopic (exact) mass is 444 g/mol. The summed E-state index contributed by atoms with van der Waals surface area (Å²) in [6.45, 7) is 3.58. The topological polar surface area (TPSA) is 113 Å². The highest BCUT2D eigenvalue weighted by Crippen LogP contribution is 2.34. The Bertz CT molecular complexity index is 837. The molecule has 10 heteroatoms. The molecule has 1 aliphatic heterocycles. The lowest BCUT2D eigenvalue weighted by atomic mass is 10.0. The van der Waals surface area contributed by atoms with Gasteiger partial charge >= 0.3 is 17.9 Å². The molecule has 0 saturated carbocycles. The first kappa shape index (κ1) is 23.2. The molecule has 1 fully saturated rings. The molecule has 29 heavy (non-hydrogen) atoms. The highest BCUT2D eigenvalue weighted by Gasteiger charge is 2.47. The number of esters is 3. The second-order valence-electron chi connectivity index (χ2n) is 6.71. The summed E-state index contributed by atoms with van der Waals surface area (Å²) in [6.07, 6.45) is -3.00. The van der Waals surface area contributed by atoms with Crippen LogP contribution in [0.25, 0.3) is 0 Å². The van der Waals surface area contributed by atoms with E-state index in [0.717, 1.165) is 0 Å². The molecule has 2 rings (SSSR count). The van der Waals surface area contributed by atoms with Gasteiger partial charge in [-0.15, -0.1) is 11.8 Å². The average Bonchev–Trinajstić information content (AvgIpc) is 2.59. The van der Waals surface area contributed by atoms with E-state index in [1.165, 1.54) is 32.5 Å². The van der Waals surface area contributed by atoms with Crippen molar-refractivity contribution in [2.45, 2.75) is 50.1 Å². The molecular formula is C19H24O8S2. The number of ether oxygens (including phenoxy) is 3. The molecule has 4 atom stereocenters. The van der Waals surface area contributed by atoms with Crippen molar-refractivity contribution in [3.8, 4) is 0 Å². The first-order valence-corrected chi connectivity index (χ1v) is 11.8. The summed E-state index contributed by atoms with van der Waals surface area (Å²) >= 11 is 1.21. The Kier molecular flexibility index (Phi) is 8.09. The largest absolute Gasteiger partial charge is 0.458 e. The van der Waals surface area contributed by atoms with Crippen LogP contribution in [0.4, 0.5) is 0 Å². The SMILES string of the molecule is CC(=O)O[C@@H]1[C@H](OC(C)=O)[C@H](OC(C)=O)CS[C@H]1CS(=O)(=O)Cc1ccccc1. The molecule has 1 saturated heterocycles. The number of carbonyl (C=O) groups is 3. The van der Waals surface area contributed by atoms with Crippen molar-refractivity contribution in [2.75, 3.05) is 11.5 Å². The minimum absolute atomic E-state index is 0.163. The van der Waals surface area contributed by atoms with Crippen molar-refractivity contribution >= 4 is 39.5 Å². The average molecular weight is 445 g/mol. The van der Waals surface area contributed by atoms with Gasteiger partial charge in [0.05, 0.1) is 16.8 Å². The van der Waals surface area contributed by atoms with Gasteiger partial charge < -0.3 is 14.2 Å². The predicted octanol–water partition coefficient (Wildman–Crippen LogP) is 1.51. The molecule has 0 radical (unpaired) electrons. The third kappa shape index (κ3) is 7.36. The van der Waals surface area contributed by atoms with Crippen LogP contribution in [0.5, 0.6) is 0 Å². The normalized spacial score (nSPS) is 24.4. The summed E-state index contributed by atoms with van der Waals surface area (Å²) < 4.78 is 41.3. The summed E-state index contributed by atoms with van der Waals surface area (Å²) in [5, 5.41) is -0.677. The van der Waals surface area contributed by atoms with Crippen LogP contribution in [-0.4, -0.2) is 61.4 Å². The standard InChI is InChI=1S/C19H24O8S2/c1-12(20)25-16-9-28-17(19(27-14(3)22)18(16)26-13(2)21)11-29(23,24)10-15-7-5-4-6-8-15/h4-8,16-19H,9-11H2,1-3H3/t16-,17+,18-,19+/m1/s1. The van der Waals surface area contributed by atoms with Crippen molar-refractivity contribution in [2.24, 2.45) is 0 Å². The van der Waals surface area contributed by atoms with E-state index in [-0.39, 0.29) is 17.3 Å². The third-order valence-corrected chi connectivity index (χ3v) is 7.34. The van der Waals surface area contributed by atoms with Gasteiger partial charge in [0.2, 0.25) is 0 Å². The van der Waals surface area contributed by atoms with Gasteiger partial charge in [0, 0.05) is 26.5 Å². The highest BCUT2D eigenvalue weighted by molar-refractivity contribution is 8.01. The molecule has 1 aromatic carbocycles. The number of carbonyl (C=O) groups excluding carboxylic acids is 3. The Morgan fingerprint density at radius 2 is 1.48 bits per heavy atom. The van der Waals surface area contributed by atoms with E-state index in [0.29, 0.717) is 5.56 Å². The number of hydrogen-bond donors (Lipinski definition) is 0.